The molecule has 0 saturated heterocycles. The van der Waals surface area contributed by atoms with Crippen molar-refractivity contribution in [3.05, 3.63) is 23.7 Å². The highest BCUT2D eigenvalue weighted by Crippen LogP contribution is 2.41. The zero-order chi connectivity index (χ0) is 13.3. The molecule has 3 rings (SSSR count). The van der Waals surface area contributed by atoms with Crippen LogP contribution in [-0.4, -0.2) is 33.2 Å². The van der Waals surface area contributed by atoms with Crippen molar-refractivity contribution in [3.8, 4) is 0 Å². The van der Waals surface area contributed by atoms with Crippen LogP contribution in [0.3, 0.4) is 0 Å². The van der Waals surface area contributed by atoms with E-state index in [0.717, 1.165) is 29.8 Å². The van der Waals surface area contributed by atoms with Crippen molar-refractivity contribution in [2.45, 2.75) is 30.6 Å². The molecule has 3 nitrogen and oxygen atoms in total. The van der Waals surface area contributed by atoms with Gasteiger partial charge in [-0.05, 0) is 36.1 Å². The van der Waals surface area contributed by atoms with Gasteiger partial charge in [-0.3, -0.25) is 4.98 Å². The molecule has 5 heteroatoms. The zero-order valence-electron chi connectivity index (χ0n) is 10.9. The Morgan fingerprint density at radius 3 is 3.21 bits per heavy atom. The number of rotatable bonds is 5. The van der Waals surface area contributed by atoms with E-state index in [1.807, 2.05) is 30.1 Å². The maximum Gasteiger partial charge on any atom is 0.0937 e. The molecule has 0 bridgehead atoms. The number of pyridine rings is 1. The summed E-state index contributed by atoms with van der Waals surface area (Å²) in [5.74, 6) is 1.07. The van der Waals surface area contributed by atoms with Gasteiger partial charge in [0, 0.05) is 18.0 Å². The fourth-order valence-corrected chi connectivity index (χ4v) is 4.54. The molecular weight excluding hydrogens is 276 g/mol. The van der Waals surface area contributed by atoms with Crippen molar-refractivity contribution in [1.29, 1.82) is 0 Å². The van der Waals surface area contributed by atoms with Gasteiger partial charge in [0.2, 0.25) is 0 Å². The van der Waals surface area contributed by atoms with Crippen molar-refractivity contribution in [2.24, 2.45) is 0 Å². The highest BCUT2D eigenvalue weighted by atomic mass is 32.2. The number of thiophene rings is 1. The SMILES string of the molecule is CCSC1CCC1(O)CNc1ccnc2ccsc12. The first-order valence-electron chi connectivity index (χ1n) is 6.63. The van der Waals surface area contributed by atoms with Crippen LogP contribution in [0, 0.1) is 0 Å². The Hall–Kier alpha value is -0.780. The monoisotopic (exact) mass is 294 g/mol. The number of aliphatic hydroxyl groups is 1. The summed E-state index contributed by atoms with van der Waals surface area (Å²) in [4.78, 5) is 4.33. The van der Waals surface area contributed by atoms with Gasteiger partial charge in [-0.1, -0.05) is 6.92 Å². The molecule has 0 radical (unpaired) electrons. The highest BCUT2D eigenvalue weighted by molar-refractivity contribution is 8.00. The number of nitrogens with zero attached hydrogens (tertiary/aromatic N) is 1. The van der Waals surface area contributed by atoms with Crippen molar-refractivity contribution in [2.75, 3.05) is 17.6 Å². The number of aromatic nitrogens is 1. The lowest BCUT2D eigenvalue weighted by molar-refractivity contribution is -0.0119. The third kappa shape index (κ3) is 2.47. The molecule has 2 atom stereocenters. The number of hydrogen-bond donors (Lipinski definition) is 2. The molecule has 1 saturated carbocycles. The summed E-state index contributed by atoms with van der Waals surface area (Å²) in [5, 5.41) is 16.4. The van der Waals surface area contributed by atoms with Crippen molar-refractivity contribution in [1.82, 2.24) is 4.98 Å². The van der Waals surface area contributed by atoms with Gasteiger partial charge in [-0.25, -0.2) is 0 Å². The smallest absolute Gasteiger partial charge is 0.0937 e. The number of fused-ring (bicyclic) bond motifs is 1. The highest BCUT2D eigenvalue weighted by Gasteiger charge is 2.44. The fraction of sp³-hybridized carbons (Fsp3) is 0.500. The summed E-state index contributed by atoms with van der Waals surface area (Å²) in [5.41, 5.74) is 1.56. The Morgan fingerprint density at radius 2 is 2.47 bits per heavy atom. The summed E-state index contributed by atoms with van der Waals surface area (Å²) in [7, 11) is 0. The summed E-state index contributed by atoms with van der Waals surface area (Å²) >= 11 is 3.56. The largest absolute Gasteiger partial charge is 0.387 e. The summed E-state index contributed by atoms with van der Waals surface area (Å²) < 4.78 is 1.17. The van der Waals surface area contributed by atoms with Crippen LogP contribution in [0.25, 0.3) is 10.2 Å². The standard InChI is InChI=1S/C14H18N2OS2/c1-2-18-12-3-6-14(12,17)9-16-10-4-7-15-11-5-8-19-13(10)11/h4-5,7-8,12,17H,2-3,6,9H2,1H3,(H,15,16). The lowest BCUT2D eigenvalue weighted by Gasteiger charge is -2.45. The third-order valence-corrected chi connectivity index (χ3v) is 6.08. The second-order valence-corrected chi connectivity index (χ2v) is 7.33. The van der Waals surface area contributed by atoms with Crippen molar-refractivity contribution >= 4 is 39.0 Å². The van der Waals surface area contributed by atoms with Crippen molar-refractivity contribution < 1.29 is 5.11 Å². The number of anilines is 1. The van der Waals surface area contributed by atoms with Crippen LogP contribution in [0.1, 0.15) is 19.8 Å². The molecule has 2 N–H and O–H groups in total. The third-order valence-electron chi connectivity index (χ3n) is 3.74. The van der Waals surface area contributed by atoms with E-state index in [9.17, 15) is 5.11 Å². The fourth-order valence-electron chi connectivity index (χ4n) is 2.50. The van der Waals surface area contributed by atoms with E-state index < -0.39 is 5.60 Å². The van der Waals surface area contributed by atoms with Gasteiger partial charge in [0.1, 0.15) is 0 Å². The number of thioether (sulfide) groups is 1. The molecule has 0 amide bonds. The van der Waals surface area contributed by atoms with Crippen LogP contribution in [0.4, 0.5) is 5.69 Å². The maximum atomic E-state index is 10.6. The second-order valence-electron chi connectivity index (χ2n) is 4.93. The van der Waals surface area contributed by atoms with Crippen LogP contribution in [0.5, 0.6) is 0 Å². The molecule has 2 aromatic heterocycles. The molecule has 102 valence electrons. The average molecular weight is 294 g/mol. The van der Waals surface area contributed by atoms with E-state index in [2.05, 4.69) is 22.6 Å². The summed E-state index contributed by atoms with van der Waals surface area (Å²) in [6.07, 6.45) is 3.85. The second kappa shape index (κ2) is 5.31. The molecule has 2 aromatic rings. The Labute approximate surface area is 121 Å². The van der Waals surface area contributed by atoms with Crippen LogP contribution in [-0.2, 0) is 0 Å². The minimum absolute atomic E-state index is 0.380. The van der Waals surface area contributed by atoms with Crippen molar-refractivity contribution in [3.63, 3.8) is 0 Å². The van der Waals surface area contributed by atoms with E-state index >= 15 is 0 Å². The van der Waals surface area contributed by atoms with Gasteiger partial charge < -0.3 is 10.4 Å². The Kier molecular flexibility index (Phi) is 3.69. The predicted molar refractivity (Wildman–Crippen MR) is 84.2 cm³/mol. The first-order valence-corrected chi connectivity index (χ1v) is 8.56. The van der Waals surface area contributed by atoms with Gasteiger partial charge >= 0.3 is 0 Å². The predicted octanol–water partition coefficient (Wildman–Crippen LogP) is 3.35. The minimum Gasteiger partial charge on any atom is -0.387 e. The quantitative estimate of drug-likeness (QED) is 0.887. The van der Waals surface area contributed by atoms with Crippen LogP contribution in [0.2, 0.25) is 0 Å². The molecular formula is C14H18N2OS2. The maximum absolute atomic E-state index is 10.6. The van der Waals surface area contributed by atoms with E-state index in [1.165, 1.54) is 4.70 Å². The molecule has 2 unspecified atom stereocenters. The zero-order valence-corrected chi connectivity index (χ0v) is 12.6. The first kappa shape index (κ1) is 13.2. The van der Waals surface area contributed by atoms with Crippen LogP contribution >= 0.6 is 23.1 Å². The average Bonchev–Trinajstić information content (AvgIpc) is 2.89. The molecule has 2 heterocycles. The molecule has 19 heavy (non-hydrogen) atoms. The van der Waals surface area contributed by atoms with Crippen LogP contribution < -0.4 is 5.32 Å². The van der Waals surface area contributed by atoms with Gasteiger partial charge in [0.25, 0.3) is 0 Å². The number of nitrogens with one attached hydrogen (secondary N) is 1. The summed E-state index contributed by atoms with van der Waals surface area (Å²) in [6.45, 7) is 2.77. The Bertz CT molecular complexity index is 571. The lowest BCUT2D eigenvalue weighted by Crippen LogP contribution is -2.54. The van der Waals surface area contributed by atoms with E-state index in [-0.39, 0.29) is 0 Å². The first-order chi connectivity index (χ1) is 9.23. The van der Waals surface area contributed by atoms with E-state index in [1.54, 1.807) is 11.3 Å². The molecule has 1 aliphatic rings. The normalized spacial score (nSPS) is 26.3. The Morgan fingerprint density at radius 1 is 1.58 bits per heavy atom. The lowest BCUT2D eigenvalue weighted by atomic mass is 9.79. The minimum atomic E-state index is -0.548. The Balaban J connectivity index is 1.71. The van der Waals surface area contributed by atoms with E-state index in [0.29, 0.717) is 11.8 Å². The molecule has 0 aliphatic heterocycles. The van der Waals surface area contributed by atoms with Gasteiger partial charge in [0.15, 0.2) is 0 Å². The molecule has 0 aromatic carbocycles. The number of hydrogen-bond acceptors (Lipinski definition) is 5. The molecule has 1 aliphatic carbocycles. The summed E-state index contributed by atoms with van der Waals surface area (Å²) in [6, 6.07) is 4.02. The van der Waals surface area contributed by atoms with Gasteiger partial charge in [-0.15, -0.1) is 11.3 Å². The van der Waals surface area contributed by atoms with Crippen LogP contribution in [0.15, 0.2) is 23.7 Å². The topological polar surface area (TPSA) is 45.1 Å². The molecule has 1 fully saturated rings. The van der Waals surface area contributed by atoms with Gasteiger partial charge in [0.05, 0.1) is 21.5 Å². The van der Waals surface area contributed by atoms with Gasteiger partial charge in [-0.2, -0.15) is 11.8 Å². The van der Waals surface area contributed by atoms with E-state index in [4.69, 9.17) is 0 Å². The molecule has 0 spiro atoms.